The van der Waals surface area contributed by atoms with Crippen molar-refractivity contribution < 1.29 is 4.79 Å². The van der Waals surface area contributed by atoms with Gasteiger partial charge in [0.1, 0.15) is 6.29 Å². The second-order valence-electron chi connectivity index (χ2n) is 3.72. The number of rotatable bonds is 7. The van der Waals surface area contributed by atoms with Crippen molar-refractivity contribution in [2.75, 3.05) is 6.54 Å². The van der Waals surface area contributed by atoms with Crippen LogP contribution >= 0.6 is 0 Å². The molecule has 0 aliphatic rings. The van der Waals surface area contributed by atoms with Crippen molar-refractivity contribution >= 4 is 6.29 Å². The number of hydrogen-bond donors (Lipinski definition) is 1. The highest BCUT2D eigenvalue weighted by atomic mass is 16.1. The molecule has 0 bridgehead atoms. The molecule has 0 aromatic heterocycles. The van der Waals surface area contributed by atoms with Gasteiger partial charge >= 0.3 is 0 Å². The molecule has 1 aromatic carbocycles. The molecular weight excluding hydrogens is 186 g/mol. The van der Waals surface area contributed by atoms with Crippen LogP contribution in [0.2, 0.25) is 0 Å². The number of carbonyl (C=O) groups excluding carboxylic acids is 1. The van der Waals surface area contributed by atoms with Gasteiger partial charge in [-0.3, -0.25) is 0 Å². The van der Waals surface area contributed by atoms with Crippen LogP contribution in [0.1, 0.15) is 25.3 Å². The fourth-order valence-electron chi connectivity index (χ4n) is 1.51. The summed E-state index contributed by atoms with van der Waals surface area (Å²) in [6, 6.07) is 10.3. The standard InChI is InChI=1S/C13H19NO/c1-2-10-14-13(11-15)9-8-12-6-4-3-5-7-12/h3-7,11,13-14H,2,8-10H2,1H3. The van der Waals surface area contributed by atoms with E-state index < -0.39 is 0 Å². The largest absolute Gasteiger partial charge is 0.308 e. The summed E-state index contributed by atoms with van der Waals surface area (Å²) in [5.41, 5.74) is 1.29. The molecule has 0 fully saturated rings. The second kappa shape index (κ2) is 7.18. The molecule has 1 atom stereocenters. The number of carbonyl (C=O) groups is 1. The van der Waals surface area contributed by atoms with Crippen molar-refractivity contribution in [3.63, 3.8) is 0 Å². The summed E-state index contributed by atoms with van der Waals surface area (Å²) in [6.45, 7) is 3.02. The molecule has 0 saturated carbocycles. The van der Waals surface area contributed by atoms with Gasteiger partial charge in [-0.05, 0) is 31.4 Å². The van der Waals surface area contributed by atoms with Gasteiger partial charge in [-0.1, -0.05) is 37.3 Å². The summed E-state index contributed by atoms with van der Waals surface area (Å²) in [4.78, 5) is 10.8. The molecule has 82 valence electrons. The lowest BCUT2D eigenvalue weighted by atomic mass is 10.1. The number of nitrogens with one attached hydrogen (secondary N) is 1. The van der Waals surface area contributed by atoms with Crippen LogP contribution in [0.4, 0.5) is 0 Å². The molecule has 0 radical (unpaired) electrons. The van der Waals surface area contributed by atoms with E-state index in [2.05, 4.69) is 24.4 Å². The predicted octanol–water partition coefficient (Wildman–Crippen LogP) is 2.19. The summed E-state index contributed by atoms with van der Waals surface area (Å²) in [7, 11) is 0. The van der Waals surface area contributed by atoms with Crippen LogP contribution in [0, 0.1) is 0 Å². The molecule has 1 rings (SSSR count). The summed E-state index contributed by atoms with van der Waals surface area (Å²) in [5, 5.41) is 3.22. The molecule has 15 heavy (non-hydrogen) atoms. The molecule has 0 aliphatic carbocycles. The first-order valence-corrected chi connectivity index (χ1v) is 5.59. The third kappa shape index (κ3) is 4.75. The highest BCUT2D eigenvalue weighted by molar-refractivity contribution is 5.57. The average Bonchev–Trinajstić information content (AvgIpc) is 2.31. The normalized spacial score (nSPS) is 12.3. The monoisotopic (exact) mass is 205 g/mol. The maximum atomic E-state index is 10.8. The van der Waals surface area contributed by atoms with E-state index in [0.717, 1.165) is 32.1 Å². The Morgan fingerprint density at radius 3 is 2.67 bits per heavy atom. The summed E-state index contributed by atoms with van der Waals surface area (Å²) in [6.07, 6.45) is 3.92. The molecule has 0 amide bonds. The van der Waals surface area contributed by atoms with Gasteiger partial charge in [0.2, 0.25) is 0 Å². The molecular formula is C13H19NO. The van der Waals surface area contributed by atoms with Crippen LogP contribution < -0.4 is 5.32 Å². The van der Waals surface area contributed by atoms with E-state index in [0.29, 0.717) is 0 Å². The molecule has 1 N–H and O–H groups in total. The third-order valence-corrected chi connectivity index (χ3v) is 2.41. The fourth-order valence-corrected chi connectivity index (χ4v) is 1.51. The van der Waals surface area contributed by atoms with Crippen molar-refractivity contribution in [2.45, 2.75) is 32.2 Å². The number of hydrogen-bond acceptors (Lipinski definition) is 2. The number of benzene rings is 1. The van der Waals surface area contributed by atoms with E-state index >= 15 is 0 Å². The van der Waals surface area contributed by atoms with E-state index in [4.69, 9.17) is 0 Å². The third-order valence-electron chi connectivity index (χ3n) is 2.41. The minimum atomic E-state index is 0.00477. The Morgan fingerprint density at radius 1 is 1.33 bits per heavy atom. The maximum Gasteiger partial charge on any atom is 0.136 e. The van der Waals surface area contributed by atoms with Gasteiger partial charge in [0.15, 0.2) is 0 Å². The van der Waals surface area contributed by atoms with E-state index in [1.807, 2.05) is 18.2 Å². The lowest BCUT2D eigenvalue weighted by Crippen LogP contribution is -2.31. The van der Waals surface area contributed by atoms with Crippen LogP contribution in [0.15, 0.2) is 30.3 Å². The molecule has 0 spiro atoms. The van der Waals surface area contributed by atoms with Gasteiger partial charge in [0, 0.05) is 0 Å². The van der Waals surface area contributed by atoms with Gasteiger partial charge in [-0.2, -0.15) is 0 Å². The number of aryl methyl sites for hydroxylation is 1. The molecule has 2 nitrogen and oxygen atoms in total. The summed E-state index contributed by atoms with van der Waals surface area (Å²) >= 11 is 0. The molecule has 0 saturated heterocycles. The van der Waals surface area contributed by atoms with E-state index in [1.54, 1.807) is 0 Å². The Morgan fingerprint density at radius 2 is 2.07 bits per heavy atom. The summed E-state index contributed by atoms with van der Waals surface area (Å²) < 4.78 is 0. The Bertz CT molecular complexity index is 271. The lowest BCUT2D eigenvalue weighted by molar-refractivity contribution is -0.109. The van der Waals surface area contributed by atoms with Crippen molar-refractivity contribution in [1.82, 2.24) is 5.32 Å². The van der Waals surface area contributed by atoms with Gasteiger partial charge in [0.25, 0.3) is 0 Å². The SMILES string of the molecule is CCCNC(C=O)CCc1ccccc1. The molecule has 1 unspecified atom stereocenters. The highest BCUT2D eigenvalue weighted by Crippen LogP contribution is 2.04. The minimum absolute atomic E-state index is 0.00477. The summed E-state index contributed by atoms with van der Waals surface area (Å²) in [5.74, 6) is 0. The topological polar surface area (TPSA) is 29.1 Å². The van der Waals surface area contributed by atoms with Crippen LogP contribution in [-0.4, -0.2) is 18.9 Å². The Hall–Kier alpha value is -1.15. The molecule has 2 heteroatoms. The molecule has 0 aliphatic heterocycles. The maximum absolute atomic E-state index is 10.8. The van der Waals surface area contributed by atoms with Crippen LogP contribution in [-0.2, 0) is 11.2 Å². The van der Waals surface area contributed by atoms with Crippen LogP contribution in [0.3, 0.4) is 0 Å². The zero-order valence-electron chi connectivity index (χ0n) is 9.28. The fraction of sp³-hybridized carbons (Fsp3) is 0.462. The second-order valence-corrected chi connectivity index (χ2v) is 3.72. The van der Waals surface area contributed by atoms with E-state index in [9.17, 15) is 4.79 Å². The molecule has 1 aromatic rings. The molecule has 0 heterocycles. The first-order valence-electron chi connectivity index (χ1n) is 5.59. The van der Waals surface area contributed by atoms with Crippen LogP contribution in [0.5, 0.6) is 0 Å². The van der Waals surface area contributed by atoms with Crippen molar-refractivity contribution in [1.29, 1.82) is 0 Å². The van der Waals surface area contributed by atoms with Crippen molar-refractivity contribution in [3.05, 3.63) is 35.9 Å². The zero-order valence-corrected chi connectivity index (χ0v) is 9.28. The highest BCUT2D eigenvalue weighted by Gasteiger charge is 2.05. The minimum Gasteiger partial charge on any atom is -0.308 e. The Balaban J connectivity index is 2.31. The smallest absolute Gasteiger partial charge is 0.136 e. The van der Waals surface area contributed by atoms with Gasteiger partial charge in [0.05, 0.1) is 6.04 Å². The van der Waals surface area contributed by atoms with Gasteiger partial charge in [-0.15, -0.1) is 0 Å². The Kier molecular flexibility index (Phi) is 5.71. The lowest BCUT2D eigenvalue weighted by Gasteiger charge is -2.11. The van der Waals surface area contributed by atoms with Crippen molar-refractivity contribution in [2.24, 2.45) is 0 Å². The quantitative estimate of drug-likeness (QED) is 0.691. The zero-order chi connectivity index (χ0) is 10.9. The van der Waals surface area contributed by atoms with Gasteiger partial charge in [-0.25, -0.2) is 0 Å². The van der Waals surface area contributed by atoms with Crippen molar-refractivity contribution in [3.8, 4) is 0 Å². The van der Waals surface area contributed by atoms with Crippen LogP contribution in [0.25, 0.3) is 0 Å². The van der Waals surface area contributed by atoms with E-state index in [-0.39, 0.29) is 6.04 Å². The van der Waals surface area contributed by atoms with E-state index in [1.165, 1.54) is 5.56 Å². The first kappa shape index (κ1) is 11.9. The predicted molar refractivity (Wildman–Crippen MR) is 62.9 cm³/mol. The number of aldehydes is 1. The van der Waals surface area contributed by atoms with Gasteiger partial charge < -0.3 is 10.1 Å². The Labute approximate surface area is 91.7 Å². The first-order chi connectivity index (χ1) is 7.36. The average molecular weight is 205 g/mol.